The molecular formula is C8H13N3O2. The van der Waals surface area contributed by atoms with Gasteiger partial charge in [-0.1, -0.05) is 5.16 Å². The fourth-order valence-electron chi connectivity index (χ4n) is 1.40. The van der Waals surface area contributed by atoms with Crippen LogP contribution in [0.15, 0.2) is 4.52 Å². The lowest BCUT2D eigenvalue weighted by molar-refractivity contribution is 0.103. The minimum Gasteiger partial charge on any atom is -0.370 e. The van der Waals surface area contributed by atoms with Crippen LogP contribution in [0.3, 0.4) is 0 Å². The minimum atomic E-state index is 0.0503. The van der Waals surface area contributed by atoms with Gasteiger partial charge in [-0.3, -0.25) is 0 Å². The summed E-state index contributed by atoms with van der Waals surface area (Å²) < 4.78 is 10.4. The molecule has 0 aromatic carbocycles. The number of aromatic nitrogens is 2. The van der Waals surface area contributed by atoms with Gasteiger partial charge in [-0.15, -0.1) is 0 Å². The topological polar surface area (TPSA) is 60.2 Å². The molecule has 0 saturated carbocycles. The van der Waals surface area contributed by atoms with E-state index in [2.05, 4.69) is 15.5 Å². The minimum absolute atomic E-state index is 0.0503. The molecule has 72 valence electrons. The summed E-state index contributed by atoms with van der Waals surface area (Å²) in [7, 11) is 1.84. The van der Waals surface area contributed by atoms with Crippen LogP contribution in [0.5, 0.6) is 0 Å². The molecule has 0 amide bonds. The van der Waals surface area contributed by atoms with Gasteiger partial charge in [0.2, 0.25) is 11.7 Å². The van der Waals surface area contributed by atoms with Gasteiger partial charge in [-0.2, -0.15) is 4.98 Å². The highest BCUT2D eigenvalue weighted by molar-refractivity contribution is 4.92. The normalized spacial score (nSPS) is 22.4. The van der Waals surface area contributed by atoms with Crippen LogP contribution >= 0.6 is 0 Å². The molecule has 1 aromatic rings. The maximum Gasteiger partial charge on any atom is 0.240 e. The lowest BCUT2D eigenvalue weighted by Gasteiger charge is -2.00. The second-order valence-electron chi connectivity index (χ2n) is 3.08. The summed E-state index contributed by atoms with van der Waals surface area (Å²) in [5, 5.41) is 6.82. The first-order chi connectivity index (χ1) is 6.40. The van der Waals surface area contributed by atoms with Gasteiger partial charge in [0, 0.05) is 6.61 Å². The molecule has 1 aliphatic rings. The highest BCUT2D eigenvalue weighted by Gasteiger charge is 2.22. The lowest BCUT2D eigenvalue weighted by Crippen LogP contribution is -2.05. The van der Waals surface area contributed by atoms with Gasteiger partial charge in [-0.25, -0.2) is 0 Å². The summed E-state index contributed by atoms with van der Waals surface area (Å²) in [6.07, 6.45) is 2.13. The van der Waals surface area contributed by atoms with Gasteiger partial charge in [0.15, 0.2) is 0 Å². The summed E-state index contributed by atoms with van der Waals surface area (Å²) in [5.74, 6) is 1.30. The molecule has 0 aliphatic carbocycles. The Bertz CT molecular complexity index is 268. The van der Waals surface area contributed by atoms with E-state index in [4.69, 9.17) is 9.26 Å². The van der Waals surface area contributed by atoms with Crippen LogP contribution in [0, 0.1) is 0 Å². The maximum atomic E-state index is 5.43. The van der Waals surface area contributed by atoms with Crippen molar-refractivity contribution in [2.75, 3.05) is 13.7 Å². The van der Waals surface area contributed by atoms with E-state index in [0.717, 1.165) is 19.4 Å². The lowest BCUT2D eigenvalue weighted by atomic mass is 10.2. The van der Waals surface area contributed by atoms with Crippen LogP contribution in [0.4, 0.5) is 0 Å². The van der Waals surface area contributed by atoms with E-state index in [0.29, 0.717) is 18.3 Å². The van der Waals surface area contributed by atoms with Gasteiger partial charge in [0.25, 0.3) is 0 Å². The quantitative estimate of drug-likeness (QED) is 0.745. The number of hydrogen-bond acceptors (Lipinski definition) is 5. The van der Waals surface area contributed by atoms with Crippen LogP contribution < -0.4 is 5.32 Å². The molecule has 2 heterocycles. The Labute approximate surface area is 76.5 Å². The van der Waals surface area contributed by atoms with Crippen molar-refractivity contribution in [1.29, 1.82) is 0 Å². The summed E-state index contributed by atoms with van der Waals surface area (Å²) in [6, 6.07) is 0. The van der Waals surface area contributed by atoms with E-state index >= 15 is 0 Å². The number of hydrogen-bond donors (Lipinski definition) is 1. The van der Waals surface area contributed by atoms with Gasteiger partial charge in [0.1, 0.15) is 6.10 Å². The largest absolute Gasteiger partial charge is 0.370 e. The third-order valence-corrected chi connectivity index (χ3v) is 2.03. The van der Waals surface area contributed by atoms with Crippen molar-refractivity contribution in [3.8, 4) is 0 Å². The molecule has 5 nitrogen and oxygen atoms in total. The van der Waals surface area contributed by atoms with Crippen LogP contribution in [0.25, 0.3) is 0 Å². The molecule has 0 spiro atoms. The first-order valence-electron chi connectivity index (χ1n) is 4.49. The fourth-order valence-corrected chi connectivity index (χ4v) is 1.40. The Kier molecular flexibility index (Phi) is 2.56. The predicted octanol–water partition coefficient (Wildman–Crippen LogP) is 0.640. The first-order valence-corrected chi connectivity index (χ1v) is 4.49. The molecule has 1 fully saturated rings. The highest BCUT2D eigenvalue weighted by Crippen LogP contribution is 2.25. The molecule has 1 N–H and O–H groups in total. The smallest absolute Gasteiger partial charge is 0.240 e. The number of nitrogens with zero attached hydrogens (tertiary/aromatic N) is 2. The molecule has 1 unspecified atom stereocenters. The Balaban J connectivity index is 2.03. The van der Waals surface area contributed by atoms with E-state index < -0.39 is 0 Å². The van der Waals surface area contributed by atoms with E-state index in [1.807, 2.05) is 7.05 Å². The van der Waals surface area contributed by atoms with Crippen molar-refractivity contribution < 1.29 is 9.26 Å². The third-order valence-electron chi connectivity index (χ3n) is 2.03. The maximum absolute atomic E-state index is 5.43. The molecule has 13 heavy (non-hydrogen) atoms. The molecule has 5 heteroatoms. The van der Waals surface area contributed by atoms with E-state index in [1.54, 1.807) is 0 Å². The molecular weight excluding hydrogens is 170 g/mol. The zero-order valence-corrected chi connectivity index (χ0v) is 7.62. The van der Waals surface area contributed by atoms with Gasteiger partial charge >= 0.3 is 0 Å². The number of ether oxygens (including phenoxy) is 1. The Morgan fingerprint density at radius 2 is 2.54 bits per heavy atom. The van der Waals surface area contributed by atoms with Crippen molar-refractivity contribution in [3.05, 3.63) is 11.7 Å². The summed E-state index contributed by atoms with van der Waals surface area (Å²) in [6.45, 7) is 1.42. The van der Waals surface area contributed by atoms with Crippen LogP contribution in [-0.2, 0) is 11.3 Å². The van der Waals surface area contributed by atoms with Crippen molar-refractivity contribution >= 4 is 0 Å². The average Bonchev–Trinajstić information content (AvgIpc) is 2.70. The zero-order chi connectivity index (χ0) is 9.10. The van der Waals surface area contributed by atoms with E-state index in [9.17, 15) is 0 Å². The Morgan fingerprint density at radius 1 is 1.62 bits per heavy atom. The molecule has 1 atom stereocenters. The SMILES string of the molecule is CNCc1nc(C2CCCO2)no1. The van der Waals surface area contributed by atoms with Gasteiger partial charge in [-0.05, 0) is 19.9 Å². The van der Waals surface area contributed by atoms with E-state index in [1.165, 1.54) is 0 Å². The summed E-state index contributed by atoms with van der Waals surface area (Å²) in [4.78, 5) is 4.22. The zero-order valence-electron chi connectivity index (χ0n) is 7.62. The number of rotatable bonds is 3. The third kappa shape index (κ3) is 1.87. The summed E-state index contributed by atoms with van der Waals surface area (Å²) >= 11 is 0. The molecule has 2 rings (SSSR count). The number of nitrogens with one attached hydrogen (secondary N) is 1. The second-order valence-corrected chi connectivity index (χ2v) is 3.08. The Morgan fingerprint density at radius 3 is 3.23 bits per heavy atom. The molecule has 1 saturated heterocycles. The highest BCUT2D eigenvalue weighted by atomic mass is 16.5. The molecule has 1 aliphatic heterocycles. The van der Waals surface area contributed by atoms with Crippen molar-refractivity contribution in [1.82, 2.24) is 15.5 Å². The van der Waals surface area contributed by atoms with Crippen molar-refractivity contribution in [2.45, 2.75) is 25.5 Å². The average molecular weight is 183 g/mol. The van der Waals surface area contributed by atoms with Crippen molar-refractivity contribution in [3.63, 3.8) is 0 Å². The van der Waals surface area contributed by atoms with Gasteiger partial charge in [0.05, 0.1) is 6.54 Å². The Hall–Kier alpha value is -0.940. The van der Waals surface area contributed by atoms with Crippen LogP contribution in [0.1, 0.15) is 30.7 Å². The first kappa shape index (κ1) is 8.65. The predicted molar refractivity (Wildman–Crippen MR) is 45.0 cm³/mol. The van der Waals surface area contributed by atoms with E-state index in [-0.39, 0.29) is 6.10 Å². The van der Waals surface area contributed by atoms with Crippen LogP contribution in [-0.4, -0.2) is 23.8 Å². The second kappa shape index (κ2) is 3.85. The fraction of sp³-hybridized carbons (Fsp3) is 0.750. The monoisotopic (exact) mass is 183 g/mol. The van der Waals surface area contributed by atoms with Gasteiger partial charge < -0.3 is 14.6 Å². The summed E-state index contributed by atoms with van der Waals surface area (Å²) in [5.41, 5.74) is 0. The molecule has 0 bridgehead atoms. The standard InChI is InChI=1S/C8H13N3O2/c1-9-5-7-10-8(11-13-7)6-3-2-4-12-6/h6,9H,2-5H2,1H3. The molecule has 1 aromatic heterocycles. The molecule has 0 radical (unpaired) electrons. The van der Waals surface area contributed by atoms with Crippen LogP contribution in [0.2, 0.25) is 0 Å². The van der Waals surface area contributed by atoms with Crippen molar-refractivity contribution in [2.24, 2.45) is 0 Å².